The average Bonchev–Trinajstić information content (AvgIpc) is 1.94. The van der Waals surface area contributed by atoms with E-state index in [4.69, 9.17) is 0 Å². The predicted octanol–water partition coefficient (Wildman–Crippen LogP) is 2.97. The zero-order valence-electron chi connectivity index (χ0n) is 7.09. The standard InChI is InChI=1S/C10H14O/c1-7(2)9-5-4-6-10(11)8(9)3/h5-7,11H,3-4H2,1-2H3. The van der Waals surface area contributed by atoms with E-state index in [-0.39, 0.29) is 0 Å². The molecule has 0 amide bonds. The zero-order chi connectivity index (χ0) is 8.43. The van der Waals surface area contributed by atoms with E-state index in [0.717, 1.165) is 12.0 Å². The molecule has 0 aromatic heterocycles. The van der Waals surface area contributed by atoms with Crippen LogP contribution in [0.25, 0.3) is 0 Å². The minimum absolute atomic E-state index is 0.344. The lowest BCUT2D eigenvalue weighted by Gasteiger charge is -2.17. The molecule has 11 heavy (non-hydrogen) atoms. The lowest BCUT2D eigenvalue weighted by molar-refractivity contribution is 0.419. The van der Waals surface area contributed by atoms with Gasteiger partial charge in [-0.3, -0.25) is 0 Å². The maximum absolute atomic E-state index is 9.32. The van der Waals surface area contributed by atoms with Crippen LogP contribution in [-0.2, 0) is 0 Å². The highest BCUT2D eigenvalue weighted by atomic mass is 16.3. The number of hydrogen-bond donors (Lipinski definition) is 1. The Labute approximate surface area is 67.7 Å². The van der Waals surface area contributed by atoms with Gasteiger partial charge in [-0.1, -0.05) is 26.5 Å². The molecule has 0 fully saturated rings. The molecule has 1 N–H and O–H groups in total. The lowest BCUT2D eigenvalue weighted by Crippen LogP contribution is -2.03. The van der Waals surface area contributed by atoms with Gasteiger partial charge in [0.05, 0.1) is 0 Å². The molecule has 0 heterocycles. The zero-order valence-corrected chi connectivity index (χ0v) is 7.09. The maximum atomic E-state index is 9.32. The first-order valence-electron chi connectivity index (χ1n) is 3.91. The molecule has 60 valence electrons. The summed E-state index contributed by atoms with van der Waals surface area (Å²) in [7, 11) is 0. The quantitative estimate of drug-likeness (QED) is 0.609. The van der Waals surface area contributed by atoms with Crippen LogP contribution in [0.4, 0.5) is 0 Å². The van der Waals surface area contributed by atoms with E-state index in [0.29, 0.717) is 11.7 Å². The third-order valence-electron chi connectivity index (χ3n) is 1.93. The summed E-state index contributed by atoms with van der Waals surface area (Å²) in [5.41, 5.74) is 1.95. The fourth-order valence-corrected chi connectivity index (χ4v) is 1.28. The van der Waals surface area contributed by atoms with Gasteiger partial charge < -0.3 is 5.11 Å². The van der Waals surface area contributed by atoms with E-state index in [9.17, 15) is 5.11 Å². The van der Waals surface area contributed by atoms with E-state index in [2.05, 4.69) is 26.5 Å². The monoisotopic (exact) mass is 150 g/mol. The molecule has 0 saturated heterocycles. The Bertz CT molecular complexity index is 231. The van der Waals surface area contributed by atoms with Crippen LogP contribution in [0.15, 0.2) is 35.6 Å². The first kappa shape index (κ1) is 8.12. The Morgan fingerprint density at radius 1 is 1.45 bits per heavy atom. The lowest BCUT2D eigenvalue weighted by atomic mass is 9.91. The van der Waals surface area contributed by atoms with Crippen LogP contribution >= 0.6 is 0 Å². The van der Waals surface area contributed by atoms with E-state index < -0.39 is 0 Å². The predicted molar refractivity (Wildman–Crippen MR) is 47.4 cm³/mol. The van der Waals surface area contributed by atoms with Crippen LogP contribution < -0.4 is 0 Å². The Morgan fingerprint density at radius 3 is 2.55 bits per heavy atom. The summed E-state index contributed by atoms with van der Waals surface area (Å²) in [4.78, 5) is 0. The van der Waals surface area contributed by atoms with Crippen molar-refractivity contribution in [3.8, 4) is 0 Å². The van der Waals surface area contributed by atoms with Gasteiger partial charge in [0, 0.05) is 5.57 Å². The smallest absolute Gasteiger partial charge is 0.118 e. The molecule has 0 radical (unpaired) electrons. The summed E-state index contributed by atoms with van der Waals surface area (Å²) in [6, 6.07) is 0. The third-order valence-corrected chi connectivity index (χ3v) is 1.93. The summed E-state index contributed by atoms with van der Waals surface area (Å²) >= 11 is 0. The minimum Gasteiger partial charge on any atom is -0.508 e. The molecule has 0 atom stereocenters. The minimum atomic E-state index is 0.344. The van der Waals surface area contributed by atoms with Crippen LogP contribution in [0.1, 0.15) is 20.3 Å². The van der Waals surface area contributed by atoms with Crippen molar-refractivity contribution in [2.24, 2.45) is 5.92 Å². The number of rotatable bonds is 1. The summed E-state index contributed by atoms with van der Waals surface area (Å²) < 4.78 is 0. The highest BCUT2D eigenvalue weighted by molar-refractivity contribution is 5.45. The van der Waals surface area contributed by atoms with Crippen molar-refractivity contribution in [1.82, 2.24) is 0 Å². The van der Waals surface area contributed by atoms with Gasteiger partial charge in [-0.15, -0.1) is 0 Å². The highest BCUT2D eigenvalue weighted by Crippen LogP contribution is 2.27. The largest absolute Gasteiger partial charge is 0.508 e. The first-order chi connectivity index (χ1) is 5.13. The van der Waals surface area contributed by atoms with E-state index in [1.165, 1.54) is 5.57 Å². The SMILES string of the molecule is C=C1C(O)=CCC=C1C(C)C. The molecule has 0 aliphatic heterocycles. The number of aliphatic hydroxyl groups is 1. The second kappa shape index (κ2) is 2.95. The van der Waals surface area contributed by atoms with Crippen LogP contribution in [0.3, 0.4) is 0 Å². The highest BCUT2D eigenvalue weighted by Gasteiger charge is 2.13. The fraction of sp³-hybridized carbons (Fsp3) is 0.400. The Morgan fingerprint density at radius 2 is 2.09 bits per heavy atom. The Balaban J connectivity index is 2.85. The van der Waals surface area contributed by atoms with Crippen molar-refractivity contribution in [3.05, 3.63) is 35.6 Å². The molecule has 1 aliphatic carbocycles. The summed E-state index contributed by atoms with van der Waals surface area (Å²) in [5.74, 6) is 0.801. The van der Waals surface area contributed by atoms with Crippen LogP contribution in [0.5, 0.6) is 0 Å². The first-order valence-corrected chi connectivity index (χ1v) is 3.91. The van der Waals surface area contributed by atoms with Gasteiger partial charge in [0.1, 0.15) is 5.76 Å². The number of aliphatic hydroxyl groups excluding tert-OH is 1. The fourth-order valence-electron chi connectivity index (χ4n) is 1.28. The molecular weight excluding hydrogens is 136 g/mol. The van der Waals surface area contributed by atoms with Gasteiger partial charge in [0.2, 0.25) is 0 Å². The summed E-state index contributed by atoms with van der Waals surface area (Å²) in [6.07, 6.45) is 4.74. The molecule has 0 aromatic carbocycles. The number of allylic oxidation sites excluding steroid dienone is 3. The molecule has 1 nitrogen and oxygen atoms in total. The van der Waals surface area contributed by atoms with Gasteiger partial charge in [0.25, 0.3) is 0 Å². The van der Waals surface area contributed by atoms with Crippen LogP contribution in [0, 0.1) is 5.92 Å². The normalized spacial score (nSPS) is 18.3. The summed E-state index contributed by atoms with van der Waals surface area (Å²) in [5, 5.41) is 9.32. The second-order valence-corrected chi connectivity index (χ2v) is 3.12. The van der Waals surface area contributed by atoms with Crippen molar-refractivity contribution < 1.29 is 5.11 Å². The van der Waals surface area contributed by atoms with Gasteiger partial charge in [-0.2, -0.15) is 0 Å². The molecule has 0 saturated carbocycles. The van der Waals surface area contributed by atoms with Crippen molar-refractivity contribution in [2.45, 2.75) is 20.3 Å². The van der Waals surface area contributed by atoms with Crippen molar-refractivity contribution in [3.63, 3.8) is 0 Å². The maximum Gasteiger partial charge on any atom is 0.118 e. The Kier molecular flexibility index (Phi) is 2.18. The molecule has 1 rings (SSSR count). The Hall–Kier alpha value is -0.980. The van der Waals surface area contributed by atoms with Crippen LogP contribution in [-0.4, -0.2) is 5.11 Å². The van der Waals surface area contributed by atoms with Crippen molar-refractivity contribution >= 4 is 0 Å². The van der Waals surface area contributed by atoms with Gasteiger partial charge in [-0.05, 0) is 24.0 Å². The molecule has 0 bridgehead atoms. The molecular formula is C10H14O. The average molecular weight is 150 g/mol. The topological polar surface area (TPSA) is 20.2 Å². The van der Waals surface area contributed by atoms with E-state index >= 15 is 0 Å². The van der Waals surface area contributed by atoms with Gasteiger partial charge >= 0.3 is 0 Å². The van der Waals surface area contributed by atoms with Crippen molar-refractivity contribution in [1.29, 1.82) is 0 Å². The number of hydrogen-bond acceptors (Lipinski definition) is 1. The van der Waals surface area contributed by atoms with Crippen LogP contribution in [0.2, 0.25) is 0 Å². The van der Waals surface area contributed by atoms with Crippen molar-refractivity contribution in [2.75, 3.05) is 0 Å². The molecule has 0 spiro atoms. The molecule has 0 aromatic rings. The molecule has 1 aliphatic rings. The second-order valence-electron chi connectivity index (χ2n) is 3.12. The van der Waals surface area contributed by atoms with Gasteiger partial charge in [0.15, 0.2) is 0 Å². The molecule has 0 unspecified atom stereocenters. The molecule has 1 heteroatoms. The van der Waals surface area contributed by atoms with Gasteiger partial charge in [-0.25, -0.2) is 0 Å². The van der Waals surface area contributed by atoms with E-state index in [1.54, 1.807) is 6.08 Å². The third kappa shape index (κ3) is 1.53. The summed E-state index contributed by atoms with van der Waals surface area (Å²) in [6.45, 7) is 8.02. The van der Waals surface area contributed by atoms with E-state index in [1.807, 2.05) is 0 Å².